The van der Waals surface area contributed by atoms with Gasteiger partial charge in [-0.05, 0) is 42.7 Å². The van der Waals surface area contributed by atoms with Gasteiger partial charge in [-0.25, -0.2) is 4.98 Å². The molecule has 1 saturated carbocycles. The molecule has 1 aromatic carbocycles. The van der Waals surface area contributed by atoms with Crippen LogP contribution in [0.15, 0.2) is 48.7 Å². The van der Waals surface area contributed by atoms with Crippen LogP contribution < -0.4 is 10.6 Å². The molecule has 3 amide bonds. The molecule has 0 saturated heterocycles. The number of amides is 3. The number of nitrogens with one attached hydrogen (secondary N) is 2. The summed E-state index contributed by atoms with van der Waals surface area (Å²) in [6, 6.07) is 11.3. The van der Waals surface area contributed by atoms with Crippen molar-refractivity contribution in [3.8, 4) is 0 Å². The molecule has 1 heterocycles. The molecule has 8 nitrogen and oxygen atoms in total. The average Bonchev–Trinajstić information content (AvgIpc) is 3.37. The molecule has 0 aliphatic heterocycles. The summed E-state index contributed by atoms with van der Waals surface area (Å²) in [5.74, 6) is -0.377. The first-order valence-corrected chi connectivity index (χ1v) is 11.9. The molecule has 1 atom stereocenters. The number of nitrogens with zero attached hydrogens (tertiary/aromatic N) is 2. The third kappa shape index (κ3) is 7.27. The molecule has 3 rings (SSSR count). The van der Waals surface area contributed by atoms with E-state index in [0.29, 0.717) is 29.6 Å². The SMILES string of the molecule is COCCNC(=O)[C@H](c1ccc(Cl)cc1)N(C(=O)CCC(=O)Nc1ccccn1)C1CCCC1. The Morgan fingerprint density at radius 2 is 1.85 bits per heavy atom. The fourth-order valence-corrected chi connectivity index (χ4v) is 4.31. The lowest BCUT2D eigenvalue weighted by Crippen LogP contribution is -2.48. The summed E-state index contributed by atoms with van der Waals surface area (Å²) in [7, 11) is 1.56. The molecular weight excluding hydrogens is 456 g/mol. The number of halogens is 1. The molecule has 182 valence electrons. The van der Waals surface area contributed by atoms with Gasteiger partial charge >= 0.3 is 0 Å². The van der Waals surface area contributed by atoms with Crippen LogP contribution in [0.5, 0.6) is 0 Å². The zero-order valence-electron chi connectivity index (χ0n) is 19.3. The third-order valence-corrected chi connectivity index (χ3v) is 6.07. The predicted octanol–water partition coefficient (Wildman–Crippen LogP) is 3.73. The van der Waals surface area contributed by atoms with Gasteiger partial charge in [-0.1, -0.05) is 42.6 Å². The molecule has 0 unspecified atom stereocenters. The minimum absolute atomic E-state index is 0.00272. The lowest BCUT2D eigenvalue weighted by molar-refractivity contribution is -0.144. The highest BCUT2D eigenvalue weighted by molar-refractivity contribution is 6.30. The topological polar surface area (TPSA) is 101 Å². The molecular formula is C25H31ClN4O4. The van der Waals surface area contributed by atoms with E-state index in [2.05, 4.69) is 15.6 Å². The van der Waals surface area contributed by atoms with Crippen LogP contribution in [0.3, 0.4) is 0 Å². The van der Waals surface area contributed by atoms with Crippen LogP contribution in [0.4, 0.5) is 5.82 Å². The highest BCUT2D eigenvalue weighted by atomic mass is 35.5. The van der Waals surface area contributed by atoms with E-state index in [1.54, 1.807) is 60.7 Å². The Hall–Kier alpha value is -2.97. The summed E-state index contributed by atoms with van der Waals surface area (Å²) in [5, 5.41) is 6.12. The monoisotopic (exact) mass is 486 g/mol. The predicted molar refractivity (Wildman–Crippen MR) is 130 cm³/mol. The van der Waals surface area contributed by atoms with Crippen LogP contribution in [0, 0.1) is 0 Å². The lowest BCUT2D eigenvalue weighted by atomic mass is 10.00. The minimum atomic E-state index is -0.816. The number of methoxy groups -OCH3 is 1. The first kappa shape index (κ1) is 25.6. The van der Waals surface area contributed by atoms with Gasteiger partial charge < -0.3 is 20.3 Å². The van der Waals surface area contributed by atoms with Gasteiger partial charge in [0, 0.05) is 43.8 Å². The first-order chi connectivity index (χ1) is 16.5. The van der Waals surface area contributed by atoms with Gasteiger partial charge in [-0.2, -0.15) is 0 Å². The number of carbonyl (C=O) groups excluding carboxylic acids is 3. The number of anilines is 1. The summed E-state index contributed by atoms with van der Waals surface area (Å²) in [6.07, 6.45) is 5.20. The van der Waals surface area contributed by atoms with Crippen molar-refractivity contribution in [2.75, 3.05) is 25.6 Å². The van der Waals surface area contributed by atoms with Gasteiger partial charge in [0.25, 0.3) is 0 Å². The standard InChI is InChI=1S/C25H31ClN4O4/c1-34-17-16-28-25(33)24(18-9-11-19(26)12-10-18)30(20-6-2-3-7-20)23(32)14-13-22(31)29-21-8-4-5-15-27-21/h4-5,8-12,15,20,24H,2-3,6-7,13-14,16-17H2,1H3,(H,28,33)(H,27,29,31)/t24-/m0/s1. The molecule has 0 spiro atoms. The number of rotatable bonds is 11. The van der Waals surface area contributed by atoms with E-state index >= 15 is 0 Å². The van der Waals surface area contributed by atoms with Crippen molar-refractivity contribution in [2.45, 2.75) is 50.6 Å². The molecule has 2 N–H and O–H groups in total. The number of carbonyl (C=O) groups is 3. The summed E-state index contributed by atoms with van der Waals surface area (Å²) in [6.45, 7) is 0.697. The van der Waals surface area contributed by atoms with Gasteiger partial charge in [0.05, 0.1) is 6.61 Å². The van der Waals surface area contributed by atoms with E-state index < -0.39 is 6.04 Å². The Morgan fingerprint density at radius 3 is 2.50 bits per heavy atom. The highest BCUT2D eigenvalue weighted by Crippen LogP contribution is 2.33. The highest BCUT2D eigenvalue weighted by Gasteiger charge is 2.37. The summed E-state index contributed by atoms with van der Waals surface area (Å²) in [5.41, 5.74) is 0.678. The smallest absolute Gasteiger partial charge is 0.247 e. The first-order valence-electron chi connectivity index (χ1n) is 11.5. The van der Waals surface area contributed by atoms with Crippen LogP contribution in [-0.2, 0) is 19.1 Å². The number of aromatic nitrogens is 1. The average molecular weight is 487 g/mol. The maximum absolute atomic E-state index is 13.5. The van der Waals surface area contributed by atoms with Crippen molar-refractivity contribution < 1.29 is 19.1 Å². The van der Waals surface area contributed by atoms with Gasteiger partial charge in [0.1, 0.15) is 11.9 Å². The van der Waals surface area contributed by atoms with E-state index in [-0.39, 0.29) is 36.6 Å². The normalized spacial score (nSPS) is 14.4. The Labute approximate surface area is 205 Å². The van der Waals surface area contributed by atoms with Gasteiger partial charge in [-0.3, -0.25) is 14.4 Å². The molecule has 1 aromatic heterocycles. The van der Waals surface area contributed by atoms with Crippen molar-refractivity contribution in [2.24, 2.45) is 0 Å². The van der Waals surface area contributed by atoms with E-state index in [1.807, 2.05) is 0 Å². The van der Waals surface area contributed by atoms with Crippen molar-refractivity contribution in [1.29, 1.82) is 0 Å². The van der Waals surface area contributed by atoms with Crippen molar-refractivity contribution in [1.82, 2.24) is 15.2 Å². The summed E-state index contributed by atoms with van der Waals surface area (Å²) in [4.78, 5) is 45.0. The van der Waals surface area contributed by atoms with E-state index in [1.165, 1.54) is 0 Å². The second-order valence-corrected chi connectivity index (χ2v) is 8.68. The molecule has 0 radical (unpaired) electrons. The number of ether oxygens (including phenoxy) is 1. The van der Waals surface area contributed by atoms with Gasteiger partial charge in [0.2, 0.25) is 17.7 Å². The maximum Gasteiger partial charge on any atom is 0.247 e. The van der Waals surface area contributed by atoms with Gasteiger partial charge in [-0.15, -0.1) is 0 Å². The Bertz CT molecular complexity index is 949. The summed E-state index contributed by atoms with van der Waals surface area (Å²) < 4.78 is 5.05. The second kappa shape index (κ2) is 13.1. The Morgan fingerprint density at radius 1 is 1.12 bits per heavy atom. The molecule has 2 aromatic rings. The molecule has 0 bridgehead atoms. The van der Waals surface area contributed by atoms with E-state index in [0.717, 1.165) is 25.7 Å². The number of benzene rings is 1. The molecule has 1 fully saturated rings. The molecule has 9 heteroatoms. The summed E-state index contributed by atoms with van der Waals surface area (Å²) >= 11 is 6.07. The number of hydrogen-bond acceptors (Lipinski definition) is 5. The molecule has 1 aliphatic carbocycles. The van der Waals surface area contributed by atoms with Crippen LogP contribution in [0.25, 0.3) is 0 Å². The Kier molecular flexibility index (Phi) is 9.85. The van der Waals surface area contributed by atoms with E-state index in [9.17, 15) is 14.4 Å². The van der Waals surface area contributed by atoms with Crippen LogP contribution in [0.1, 0.15) is 50.1 Å². The second-order valence-electron chi connectivity index (χ2n) is 8.24. The number of hydrogen-bond donors (Lipinski definition) is 2. The largest absolute Gasteiger partial charge is 0.383 e. The van der Waals surface area contributed by atoms with Gasteiger partial charge in [0.15, 0.2) is 0 Å². The Balaban J connectivity index is 1.79. The van der Waals surface area contributed by atoms with Crippen molar-refractivity contribution in [3.63, 3.8) is 0 Å². The molecule has 34 heavy (non-hydrogen) atoms. The molecule has 1 aliphatic rings. The fraction of sp³-hybridized carbons (Fsp3) is 0.440. The fourth-order valence-electron chi connectivity index (χ4n) is 4.19. The van der Waals surface area contributed by atoms with Crippen LogP contribution in [0.2, 0.25) is 5.02 Å². The van der Waals surface area contributed by atoms with Crippen LogP contribution in [-0.4, -0.2) is 53.9 Å². The van der Waals surface area contributed by atoms with Crippen molar-refractivity contribution >= 4 is 35.1 Å². The third-order valence-electron chi connectivity index (χ3n) is 5.82. The lowest BCUT2D eigenvalue weighted by Gasteiger charge is -2.36. The van der Waals surface area contributed by atoms with E-state index in [4.69, 9.17) is 16.3 Å². The van der Waals surface area contributed by atoms with Crippen LogP contribution >= 0.6 is 11.6 Å². The minimum Gasteiger partial charge on any atom is -0.383 e. The van der Waals surface area contributed by atoms with Crippen molar-refractivity contribution in [3.05, 3.63) is 59.2 Å². The number of pyridine rings is 1. The maximum atomic E-state index is 13.5. The quantitative estimate of drug-likeness (QED) is 0.471. The zero-order valence-corrected chi connectivity index (χ0v) is 20.1. The zero-order chi connectivity index (χ0) is 24.3.